The first-order chi connectivity index (χ1) is 15.6. The molecule has 0 bridgehead atoms. The number of benzene rings is 2. The fraction of sp³-hybridized carbons (Fsp3) is 0.400. The Hall–Kier alpha value is -3.35. The minimum atomic E-state index is -0.165. The van der Waals surface area contributed by atoms with Gasteiger partial charge in [0.1, 0.15) is 5.75 Å². The van der Waals surface area contributed by atoms with Gasteiger partial charge in [0.2, 0.25) is 5.91 Å². The van der Waals surface area contributed by atoms with E-state index < -0.39 is 0 Å². The Morgan fingerprint density at radius 3 is 2.72 bits per heavy atom. The molecule has 3 aromatic rings. The molecule has 0 unspecified atom stereocenters. The molecule has 1 saturated heterocycles. The molecule has 1 N–H and O–H groups in total. The number of aromatic nitrogens is 2. The molecule has 0 saturated carbocycles. The lowest BCUT2D eigenvalue weighted by Gasteiger charge is -2.33. The Labute approximate surface area is 188 Å². The van der Waals surface area contributed by atoms with Crippen LogP contribution in [0.3, 0.4) is 0 Å². The van der Waals surface area contributed by atoms with Gasteiger partial charge in [-0.1, -0.05) is 25.1 Å². The largest absolute Gasteiger partial charge is 0.495 e. The Balaban J connectivity index is 1.56. The summed E-state index contributed by atoms with van der Waals surface area (Å²) < 4.78 is 11.4. The molecule has 1 aliphatic rings. The molecule has 168 valence electrons. The van der Waals surface area contributed by atoms with E-state index in [4.69, 9.17) is 19.4 Å². The second-order valence-corrected chi connectivity index (χ2v) is 8.17. The van der Waals surface area contributed by atoms with Crippen molar-refractivity contribution in [2.45, 2.75) is 33.1 Å². The highest BCUT2D eigenvalue weighted by atomic mass is 16.5. The van der Waals surface area contributed by atoms with Crippen LogP contribution < -0.4 is 19.7 Å². The molecule has 32 heavy (non-hydrogen) atoms. The van der Waals surface area contributed by atoms with E-state index in [1.54, 1.807) is 7.11 Å². The SMILES string of the molecule is CCCOc1nc2ccccc2nc1N1CCC[C@@H](C(=O)Nc2cc(C)ccc2OC)C1. The molecule has 1 atom stereocenters. The maximum atomic E-state index is 13.1. The van der Waals surface area contributed by atoms with Gasteiger partial charge in [-0.2, -0.15) is 0 Å². The van der Waals surface area contributed by atoms with Gasteiger partial charge in [-0.05, 0) is 56.0 Å². The lowest BCUT2D eigenvalue weighted by molar-refractivity contribution is -0.120. The first kappa shape index (κ1) is 21.9. The number of ether oxygens (including phenoxy) is 2. The lowest BCUT2D eigenvalue weighted by atomic mass is 9.97. The van der Waals surface area contributed by atoms with E-state index in [9.17, 15) is 4.79 Å². The predicted molar refractivity (Wildman–Crippen MR) is 127 cm³/mol. The van der Waals surface area contributed by atoms with Crippen LogP contribution in [0.5, 0.6) is 11.6 Å². The van der Waals surface area contributed by atoms with E-state index in [0.29, 0.717) is 36.3 Å². The van der Waals surface area contributed by atoms with Crippen molar-refractivity contribution < 1.29 is 14.3 Å². The number of amides is 1. The first-order valence-corrected chi connectivity index (χ1v) is 11.2. The molecule has 2 heterocycles. The zero-order valence-electron chi connectivity index (χ0n) is 18.9. The molecule has 0 spiro atoms. The number of aryl methyl sites for hydroxylation is 1. The summed E-state index contributed by atoms with van der Waals surface area (Å²) in [5.41, 5.74) is 3.39. The number of carbonyl (C=O) groups is 1. The van der Waals surface area contributed by atoms with Crippen LogP contribution in [-0.2, 0) is 4.79 Å². The second-order valence-electron chi connectivity index (χ2n) is 8.17. The molecule has 1 fully saturated rings. The molecule has 4 rings (SSSR count). The molecule has 1 amide bonds. The fourth-order valence-electron chi connectivity index (χ4n) is 4.01. The summed E-state index contributed by atoms with van der Waals surface area (Å²) in [5.74, 6) is 1.73. The van der Waals surface area contributed by atoms with Gasteiger partial charge in [0.25, 0.3) is 5.88 Å². The normalized spacial score (nSPS) is 16.1. The summed E-state index contributed by atoms with van der Waals surface area (Å²) in [7, 11) is 1.61. The third-order valence-electron chi connectivity index (χ3n) is 5.67. The summed E-state index contributed by atoms with van der Waals surface area (Å²) in [6, 6.07) is 13.6. The van der Waals surface area contributed by atoms with Gasteiger partial charge >= 0.3 is 0 Å². The number of carbonyl (C=O) groups excluding carboxylic acids is 1. The average molecular weight is 435 g/mol. The van der Waals surface area contributed by atoms with Crippen molar-refractivity contribution in [1.82, 2.24) is 9.97 Å². The molecule has 7 heteroatoms. The summed E-state index contributed by atoms with van der Waals surface area (Å²) >= 11 is 0. The molecule has 1 aromatic heterocycles. The zero-order valence-corrected chi connectivity index (χ0v) is 18.9. The zero-order chi connectivity index (χ0) is 22.5. The molecule has 2 aromatic carbocycles. The van der Waals surface area contributed by atoms with E-state index in [1.165, 1.54) is 0 Å². The number of piperidine rings is 1. The monoisotopic (exact) mass is 434 g/mol. The highest BCUT2D eigenvalue weighted by Crippen LogP contribution is 2.32. The van der Waals surface area contributed by atoms with Crippen LogP contribution in [0.1, 0.15) is 31.7 Å². The quantitative estimate of drug-likeness (QED) is 0.586. The maximum Gasteiger partial charge on any atom is 0.258 e. The lowest BCUT2D eigenvalue weighted by Crippen LogP contribution is -2.41. The molecule has 0 aliphatic carbocycles. The minimum absolute atomic E-state index is 0.0108. The van der Waals surface area contributed by atoms with Crippen molar-refractivity contribution in [3.8, 4) is 11.6 Å². The molecular weight excluding hydrogens is 404 g/mol. The summed E-state index contributed by atoms with van der Waals surface area (Å²) in [6.45, 7) is 6.01. The van der Waals surface area contributed by atoms with Crippen molar-refractivity contribution in [3.63, 3.8) is 0 Å². The van der Waals surface area contributed by atoms with Gasteiger partial charge in [-0.25, -0.2) is 9.97 Å². The van der Waals surface area contributed by atoms with Gasteiger partial charge in [0, 0.05) is 13.1 Å². The van der Waals surface area contributed by atoms with Crippen molar-refractivity contribution in [1.29, 1.82) is 0 Å². The van der Waals surface area contributed by atoms with E-state index in [0.717, 1.165) is 42.4 Å². The average Bonchev–Trinajstić information content (AvgIpc) is 2.82. The fourth-order valence-corrected chi connectivity index (χ4v) is 4.01. The van der Waals surface area contributed by atoms with Crippen LogP contribution in [0, 0.1) is 12.8 Å². The first-order valence-electron chi connectivity index (χ1n) is 11.2. The number of nitrogens with one attached hydrogen (secondary N) is 1. The van der Waals surface area contributed by atoms with Crippen LogP contribution in [0.15, 0.2) is 42.5 Å². The maximum absolute atomic E-state index is 13.1. The predicted octanol–water partition coefficient (Wildman–Crippen LogP) is 4.59. The number of rotatable bonds is 7. The van der Waals surface area contributed by atoms with E-state index in [2.05, 4.69) is 17.1 Å². The summed E-state index contributed by atoms with van der Waals surface area (Å²) in [5, 5.41) is 3.06. The van der Waals surface area contributed by atoms with Crippen molar-refractivity contribution in [3.05, 3.63) is 48.0 Å². The topological polar surface area (TPSA) is 76.6 Å². The van der Waals surface area contributed by atoms with E-state index in [-0.39, 0.29) is 11.8 Å². The van der Waals surface area contributed by atoms with E-state index in [1.807, 2.05) is 49.4 Å². The van der Waals surface area contributed by atoms with Gasteiger partial charge < -0.3 is 19.7 Å². The molecule has 7 nitrogen and oxygen atoms in total. The van der Waals surface area contributed by atoms with Crippen LogP contribution in [0.2, 0.25) is 0 Å². The number of fused-ring (bicyclic) bond motifs is 1. The summed E-state index contributed by atoms with van der Waals surface area (Å²) in [6.07, 6.45) is 2.60. The molecular formula is C25H30N4O3. The Bertz CT molecular complexity index is 1100. The Morgan fingerprint density at radius 2 is 1.97 bits per heavy atom. The number of hydrogen-bond acceptors (Lipinski definition) is 6. The molecule has 1 aliphatic heterocycles. The number of anilines is 2. The minimum Gasteiger partial charge on any atom is -0.495 e. The van der Waals surface area contributed by atoms with Crippen LogP contribution in [-0.4, -0.2) is 42.7 Å². The second kappa shape index (κ2) is 9.85. The third kappa shape index (κ3) is 4.77. The smallest absolute Gasteiger partial charge is 0.258 e. The van der Waals surface area contributed by atoms with Crippen LogP contribution in [0.4, 0.5) is 11.5 Å². The number of hydrogen-bond donors (Lipinski definition) is 1. The highest BCUT2D eigenvalue weighted by molar-refractivity contribution is 5.94. The van der Waals surface area contributed by atoms with Crippen LogP contribution >= 0.6 is 0 Å². The van der Waals surface area contributed by atoms with Gasteiger partial charge in [-0.3, -0.25) is 4.79 Å². The number of nitrogens with zero attached hydrogens (tertiary/aromatic N) is 3. The van der Waals surface area contributed by atoms with Crippen LogP contribution in [0.25, 0.3) is 11.0 Å². The number of para-hydroxylation sites is 2. The van der Waals surface area contributed by atoms with Gasteiger partial charge in [-0.15, -0.1) is 0 Å². The van der Waals surface area contributed by atoms with Gasteiger partial charge in [0.05, 0.1) is 36.4 Å². The van der Waals surface area contributed by atoms with Crippen molar-refractivity contribution in [2.75, 3.05) is 37.0 Å². The Kier molecular flexibility index (Phi) is 6.73. The van der Waals surface area contributed by atoms with Gasteiger partial charge in [0.15, 0.2) is 5.82 Å². The van der Waals surface area contributed by atoms with E-state index >= 15 is 0 Å². The standard InChI is InChI=1S/C25H30N4O3/c1-4-14-32-25-23(26-19-9-5-6-10-20(19)28-25)29-13-7-8-18(16-29)24(30)27-21-15-17(2)11-12-22(21)31-3/h5-6,9-12,15,18H,4,7-8,13-14,16H2,1-3H3,(H,27,30)/t18-/m1/s1. The van der Waals surface area contributed by atoms with Crippen molar-refractivity contribution >= 4 is 28.4 Å². The third-order valence-corrected chi connectivity index (χ3v) is 5.67. The van der Waals surface area contributed by atoms with Crippen molar-refractivity contribution in [2.24, 2.45) is 5.92 Å². The Morgan fingerprint density at radius 1 is 1.19 bits per heavy atom. The highest BCUT2D eigenvalue weighted by Gasteiger charge is 2.29. The number of methoxy groups -OCH3 is 1. The molecule has 0 radical (unpaired) electrons. The summed E-state index contributed by atoms with van der Waals surface area (Å²) in [4.78, 5) is 24.8.